The molecule has 0 aromatic heterocycles. The zero-order valence-electron chi connectivity index (χ0n) is 1.57. The van der Waals surface area contributed by atoms with Crippen LogP contribution in [0, 0.1) is 0 Å². The first-order valence-electron chi connectivity index (χ1n) is 0.475. The highest BCUT2D eigenvalue weighted by atomic mass is 35.8. The molecule has 4 heavy (non-hydrogen) atoms. The van der Waals surface area contributed by atoms with Gasteiger partial charge in [0.25, 0.3) is 0 Å². The van der Waals surface area contributed by atoms with Crippen molar-refractivity contribution in [3.8, 4) is 0 Å². The lowest BCUT2D eigenvalue weighted by Gasteiger charge is -1.60. The Balaban J connectivity index is 1.97. The van der Waals surface area contributed by atoms with Crippen LogP contribution in [0.15, 0.2) is 0 Å². The van der Waals surface area contributed by atoms with Gasteiger partial charge in [-0.3, -0.25) is 0 Å². The Morgan fingerprint density at radius 2 is 1.25 bits per heavy atom. The van der Waals surface area contributed by atoms with Crippen molar-refractivity contribution >= 4 is 41.4 Å². The highest BCUT2D eigenvalue weighted by molar-refractivity contribution is 8.92. The van der Waals surface area contributed by atoms with Gasteiger partial charge in [-0.2, -0.15) is 0 Å². The summed E-state index contributed by atoms with van der Waals surface area (Å²) >= 11 is 0. The Morgan fingerprint density at radius 3 is 1.25 bits per heavy atom. The number of halogens is 2. The molecule has 0 aliphatic carbocycles. The van der Waals surface area contributed by atoms with Crippen LogP contribution in [0.5, 0.6) is 0 Å². The predicted molar refractivity (Wildman–Crippen MR) is 26.9 cm³/mol. The third-order valence-corrected chi connectivity index (χ3v) is 1.93. The quantitative estimate of drug-likeness (QED) is 0.507. The largest absolute Gasteiger partial charge is 0.0305 e. The predicted octanol–water partition coefficient (Wildman–Crippen LogP) is 2.68. The van der Waals surface area contributed by atoms with Crippen molar-refractivity contribution in [3.63, 3.8) is 0 Å². The molecule has 0 saturated carbocycles. The fourth-order valence-corrected chi connectivity index (χ4v) is 0. The maximum absolute atomic E-state index is 4.93. The minimum absolute atomic E-state index is 1.01. The van der Waals surface area contributed by atoms with Crippen molar-refractivity contribution in [1.29, 1.82) is 0 Å². The lowest BCUT2D eigenvalue weighted by molar-refractivity contribution is 5.16. The van der Waals surface area contributed by atoms with E-state index < -0.39 is 0 Å². The Bertz CT molecular complexity index is 6.00. The molecule has 0 fully saturated rings. The van der Waals surface area contributed by atoms with Gasteiger partial charge in [0.15, 0.2) is 0 Å². The maximum atomic E-state index is 4.93. The molecule has 0 heterocycles. The molecule has 0 bridgehead atoms. The third kappa shape index (κ3) is 3.28. The van der Waals surface area contributed by atoms with Crippen LogP contribution in [-0.4, -0.2) is 0 Å². The normalized spacial score (nSPS) is 7.50. The van der Waals surface area contributed by atoms with Crippen molar-refractivity contribution in [2.24, 2.45) is 0 Å². The molecule has 0 nitrogen and oxygen atoms in total. The summed E-state index contributed by atoms with van der Waals surface area (Å²) in [6.45, 7) is 0. The van der Waals surface area contributed by atoms with E-state index >= 15 is 0 Å². The van der Waals surface area contributed by atoms with E-state index in [1.165, 1.54) is 0 Å². The van der Waals surface area contributed by atoms with Crippen molar-refractivity contribution in [3.05, 3.63) is 0 Å². The standard InChI is InChI=1S/Cl2S2/c1-3-4-2. The Kier molecular flexibility index (Phi) is 5.65. The topological polar surface area (TPSA) is 0 Å². The smallest absolute Gasteiger partial charge is 0.0305 e. The van der Waals surface area contributed by atoms with Gasteiger partial charge in [0, 0.05) is 20.0 Å². The summed E-state index contributed by atoms with van der Waals surface area (Å²) in [5.74, 6) is 0. The molecule has 0 unspecified atom stereocenters. The summed E-state index contributed by atoms with van der Waals surface area (Å²) in [7, 11) is 11.9. The van der Waals surface area contributed by atoms with E-state index in [9.17, 15) is 0 Å². The number of hydrogen-bond acceptors (Lipinski definition) is 2. The van der Waals surface area contributed by atoms with Gasteiger partial charge in [-0.25, -0.2) is 0 Å². The average Bonchev–Trinajstić information content (AvgIpc) is 1.37. The summed E-state index contributed by atoms with van der Waals surface area (Å²) < 4.78 is 0. The average molecular weight is 135 g/mol. The second-order valence-corrected chi connectivity index (χ2v) is 3.40. The fraction of sp³-hybridized carbons (Fsp3) is 0. The first-order chi connectivity index (χ1) is 1.91. The van der Waals surface area contributed by atoms with Crippen LogP contribution in [0.4, 0.5) is 0 Å². The lowest BCUT2D eigenvalue weighted by atomic mass is 30.9. The van der Waals surface area contributed by atoms with Gasteiger partial charge in [0.05, 0.1) is 0 Å². The summed E-state index contributed by atoms with van der Waals surface area (Å²) in [4.78, 5) is 0. The number of rotatable bonds is 1. The highest BCUT2D eigenvalue weighted by Crippen LogP contribution is 2.28. The molecule has 4 heteroatoms. The molecule has 0 rings (SSSR count). The second-order valence-electron chi connectivity index (χ2n) is 0.126. The van der Waals surface area contributed by atoms with E-state index in [0.29, 0.717) is 0 Å². The maximum Gasteiger partial charge on any atom is 0.0305 e. The van der Waals surface area contributed by atoms with Gasteiger partial charge in [-0.05, 0) is 21.4 Å². The number of hydrogen-bond donors (Lipinski definition) is 0. The van der Waals surface area contributed by atoms with Gasteiger partial charge >= 0.3 is 0 Å². The van der Waals surface area contributed by atoms with E-state index in [0.717, 1.165) is 20.0 Å². The SMILES string of the molecule is ClSSCl. The van der Waals surface area contributed by atoms with Crippen LogP contribution in [0.25, 0.3) is 0 Å². The minimum Gasteiger partial charge on any atom is -0.0305 e. The van der Waals surface area contributed by atoms with Crippen molar-refractivity contribution in [1.82, 2.24) is 0 Å². The molecule has 0 spiro atoms. The van der Waals surface area contributed by atoms with E-state index in [4.69, 9.17) is 21.4 Å². The Labute approximate surface area is 41.6 Å². The zero-order valence-corrected chi connectivity index (χ0v) is 4.72. The molecule has 0 aromatic carbocycles. The van der Waals surface area contributed by atoms with Crippen LogP contribution >= 0.6 is 41.4 Å². The molecule has 0 saturated heterocycles. The summed E-state index contributed by atoms with van der Waals surface area (Å²) in [5, 5.41) is 0. The molecule has 0 amide bonds. The van der Waals surface area contributed by atoms with Crippen LogP contribution in [0.2, 0.25) is 0 Å². The minimum atomic E-state index is 1.01. The molecule has 26 valence electrons. The molecular formula is Cl2S2. The molecular weight excluding hydrogens is 135 g/mol. The van der Waals surface area contributed by atoms with Gasteiger partial charge < -0.3 is 0 Å². The van der Waals surface area contributed by atoms with Gasteiger partial charge in [0.1, 0.15) is 0 Å². The summed E-state index contributed by atoms with van der Waals surface area (Å²) in [6.07, 6.45) is 0. The lowest BCUT2D eigenvalue weighted by Crippen LogP contribution is -0.958. The molecule has 0 aliphatic heterocycles. The van der Waals surface area contributed by atoms with Crippen LogP contribution in [0.3, 0.4) is 0 Å². The monoisotopic (exact) mass is 134 g/mol. The van der Waals surface area contributed by atoms with E-state index in [1.54, 1.807) is 0 Å². The molecule has 0 atom stereocenters. The Morgan fingerprint density at radius 1 is 1.00 bits per heavy atom. The van der Waals surface area contributed by atoms with Crippen LogP contribution < -0.4 is 0 Å². The van der Waals surface area contributed by atoms with E-state index in [-0.39, 0.29) is 0 Å². The van der Waals surface area contributed by atoms with E-state index in [2.05, 4.69) is 0 Å². The zero-order chi connectivity index (χ0) is 3.41. The summed E-state index contributed by atoms with van der Waals surface area (Å²) in [5.41, 5.74) is 0. The fourth-order valence-electron chi connectivity index (χ4n) is 0. The summed E-state index contributed by atoms with van der Waals surface area (Å²) in [6, 6.07) is 0. The van der Waals surface area contributed by atoms with Crippen LogP contribution in [-0.2, 0) is 0 Å². The molecule has 0 N–H and O–H groups in total. The van der Waals surface area contributed by atoms with Gasteiger partial charge in [0.2, 0.25) is 0 Å². The first-order valence-corrected chi connectivity index (χ1v) is 4.28. The van der Waals surface area contributed by atoms with Crippen molar-refractivity contribution in [2.45, 2.75) is 0 Å². The van der Waals surface area contributed by atoms with Gasteiger partial charge in [-0.1, -0.05) is 0 Å². The highest BCUT2D eigenvalue weighted by Gasteiger charge is 1.63. The van der Waals surface area contributed by atoms with Crippen LogP contribution in [0.1, 0.15) is 0 Å². The molecule has 0 aliphatic rings. The molecule has 0 radical (unpaired) electrons. The second kappa shape index (κ2) is 4.28. The first kappa shape index (κ1) is 5.28. The Hall–Kier alpha value is 1.28. The van der Waals surface area contributed by atoms with Crippen molar-refractivity contribution < 1.29 is 0 Å². The van der Waals surface area contributed by atoms with E-state index in [1.807, 2.05) is 0 Å². The van der Waals surface area contributed by atoms with Gasteiger partial charge in [-0.15, -0.1) is 0 Å². The van der Waals surface area contributed by atoms with Crippen molar-refractivity contribution in [2.75, 3.05) is 0 Å². The molecule has 0 aromatic rings. The third-order valence-electron chi connectivity index (χ3n) is 0.0238.